The molecule has 0 bridgehead atoms. The number of halogens is 2. The second-order valence-corrected chi connectivity index (χ2v) is 5.99. The maximum Gasteiger partial charge on any atom is 0.252 e. The van der Waals surface area contributed by atoms with E-state index in [0.29, 0.717) is 41.2 Å². The van der Waals surface area contributed by atoms with E-state index in [4.69, 9.17) is 23.2 Å². The Bertz CT molecular complexity index is 749. The maximum absolute atomic E-state index is 12.0. The number of aliphatic imine (C=N–C) groups is 1. The van der Waals surface area contributed by atoms with E-state index in [1.54, 1.807) is 31.3 Å². The standard InChI is InChI=1S/C18H20Cl2N4O/c1-21-18(24-12-13-6-2-4-8-15(13)19)23-11-10-22-17(25)14-7-3-5-9-16(14)20/h2-9H,10-12H2,1H3,(H,22,25)(H2,21,23,24). The molecule has 3 N–H and O–H groups in total. The van der Waals surface area contributed by atoms with Gasteiger partial charge in [-0.2, -0.15) is 0 Å². The molecule has 132 valence electrons. The van der Waals surface area contributed by atoms with E-state index in [-0.39, 0.29) is 5.91 Å². The normalized spacial score (nSPS) is 11.1. The molecule has 0 fully saturated rings. The number of amides is 1. The Balaban J connectivity index is 1.73. The van der Waals surface area contributed by atoms with Crippen LogP contribution in [0.3, 0.4) is 0 Å². The van der Waals surface area contributed by atoms with Gasteiger partial charge in [0, 0.05) is 31.7 Å². The summed E-state index contributed by atoms with van der Waals surface area (Å²) < 4.78 is 0. The van der Waals surface area contributed by atoms with Crippen molar-refractivity contribution in [1.82, 2.24) is 16.0 Å². The molecule has 25 heavy (non-hydrogen) atoms. The summed E-state index contributed by atoms with van der Waals surface area (Å²) in [6.07, 6.45) is 0. The first-order valence-corrected chi connectivity index (χ1v) is 8.58. The summed E-state index contributed by atoms with van der Waals surface area (Å²) in [5.74, 6) is 0.429. The Morgan fingerprint density at radius 2 is 1.56 bits per heavy atom. The number of carbonyl (C=O) groups excluding carboxylic acids is 1. The van der Waals surface area contributed by atoms with Crippen LogP contribution < -0.4 is 16.0 Å². The number of hydrogen-bond acceptors (Lipinski definition) is 2. The van der Waals surface area contributed by atoms with Crippen LogP contribution in [-0.4, -0.2) is 32.0 Å². The van der Waals surface area contributed by atoms with Crippen LogP contribution in [0.25, 0.3) is 0 Å². The highest BCUT2D eigenvalue weighted by molar-refractivity contribution is 6.33. The summed E-state index contributed by atoms with van der Waals surface area (Å²) >= 11 is 12.1. The molecule has 0 spiro atoms. The van der Waals surface area contributed by atoms with Crippen molar-refractivity contribution in [1.29, 1.82) is 0 Å². The Morgan fingerprint density at radius 3 is 2.24 bits per heavy atom. The van der Waals surface area contributed by atoms with E-state index in [1.165, 1.54) is 0 Å². The van der Waals surface area contributed by atoms with Crippen molar-refractivity contribution in [3.63, 3.8) is 0 Å². The second-order valence-electron chi connectivity index (χ2n) is 5.18. The molecule has 1 amide bonds. The summed E-state index contributed by atoms with van der Waals surface area (Å²) in [4.78, 5) is 16.2. The molecule has 0 aliphatic rings. The molecule has 2 aromatic carbocycles. The molecule has 0 heterocycles. The van der Waals surface area contributed by atoms with Gasteiger partial charge in [0.25, 0.3) is 5.91 Å². The minimum absolute atomic E-state index is 0.202. The van der Waals surface area contributed by atoms with E-state index in [0.717, 1.165) is 5.56 Å². The Hall–Kier alpha value is -2.24. The molecule has 2 aromatic rings. The summed E-state index contributed by atoms with van der Waals surface area (Å²) in [6.45, 7) is 1.53. The van der Waals surface area contributed by atoms with Crippen molar-refractivity contribution in [3.8, 4) is 0 Å². The van der Waals surface area contributed by atoms with Crippen LogP contribution in [0.4, 0.5) is 0 Å². The highest BCUT2D eigenvalue weighted by Gasteiger charge is 2.08. The van der Waals surface area contributed by atoms with Crippen molar-refractivity contribution < 1.29 is 4.79 Å². The molecule has 0 saturated carbocycles. The van der Waals surface area contributed by atoms with Gasteiger partial charge in [0.2, 0.25) is 0 Å². The van der Waals surface area contributed by atoms with Crippen LogP contribution in [0.15, 0.2) is 53.5 Å². The quantitative estimate of drug-likeness (QED) is 0.411. The van der Waals surface area contributed by atoms with Crippen molar-refractivity contribution in [2.75, 3.05) is 20.1 Å². The lowest BCUT2D eigenvalue weighted by atomic mass is 10.2. The number of nitrogens with one attached hydrogen (secondary N) is 3. The van der Waals surface area contributed by atoms with Crippen LogP contribution >= 0.6 is 23.2 Å². The molecular weight excluding hydrogens is 359 g/mol. The molecule has 2 rings (SSSR count). The van der Waals surface area contributed by atoms with Crippen LogP contribution in [0.1, 0.15) is 15.9 Å². The summed E-state index contributed by atoms with van der Waals surface area (Å²) in [5.41, 5.74) is 1.45. The summed E-state index contributed by atoms with van der Waals surface area (Å²) in [7, 11) is 1.68. The largest absolute Gasteiger partial charge is 0.355 e. The van der Waals surface area contributed by atoms with E-state index in [2.05, 4.69) is 20.9 Å². The predicted molar refractivity (Wildman–Crippen MR) is 103 cm³/mol. The van der Waals surface area contributed by atoms with Gasteiger partial charge in [-0.1, -0.05) is 53.5 Å². The van der Waals surface area contributed by atoms with Crippen LogP contribution in [0.5, 0.6) is 0 Å². The minimum Gasteiger partial charge on any atom is -0.355 e. The summed E-state index contributed by atoms with van der Waals surface area (Å²) in [6, 6.07) is 14.6. The van der Waals surface area contributed by atoms with Gasteiger partial charge in [-0.05, 0) is 23.8 Å². The zero-order valence-corrected chi connectivity index (χ0v) is 15.4. The predicted octanol–water partition coefficient (Wildman–Crippen LogP) is 3.09. The fourth-order valence-corrected chi connectivity index (χ4v) is 2.56. The topological polar surface area (TPSA) is 65.5 Å². The molecule has 0 atom stereocenters. The molecule has 5 nitrogen and oxygen atoms in total. The first-order valence-electron chi connectivity index (χ1n) is 7.82. The molecule has 0 unspecified atom stereocenters. The molecule has 7 heteroatoms. The minimum atomic E-state index is -0.202. The van der Waals surface area contributed by atoms with Gasteiger partial charge in [-0.3, -0.25) is 9.79 Å². The first-order chi connectivity index (χ1) is 12.1. The third kappa shape index (κ3) is 5.96. The Morgan fingerprint density at radius 1 is 0.920 bits per heavy atom. The van der Waals surface area contributed by atoms with Gasteiger partial charge >= 0.3 is 0 Å². The van der Waals surface area contributed by atoms with Crippen LogP contribution in [-0.2, 0) is 6.54 Å². The molecule has 0 aromatic heterocycles. The second kappa shape index (κ2) is 9.91. The highest BCUT2D eigenvalue weighted by atomic mass is 35.5. The smallest absolute Gasteiger partial charge is 0.252 e. The van der Waals surface area contributed by atoms with Gasteiger partial charge in [0.05, 0.1) is 10.6 Å². The van der Waals surface area contributed by atoms with Gasteiger partial charge in [0.1, 0.15) is 0 Å². The zero-order chi connectivity index (χ0) is 18.1. The van der Waals surface area contributed by atoms with Crippen molar-refractivity contribution in [2.45, 2.75) is 6.54 Å². The lowest BCUT2D eigenvalue weighted by Crippen LogP contribution is -2.41. The fraction of sp³-hybridized carbons (Fsp3) is 0.222. The van der Waals surface area contributed by atoms with Crippen molar-refractivity contribution in [2.24, 2.45) is 4.99 Å². The number of nitrogens with zero attached hydrogens (tertiary/aromatic N) is 1. The lowest BCUT2D eigenvalue weighted by Gasteiger charge is -2.13. The van der Waals surface area contributed by atoms with E-state index < -0.39 is 0 Å². The van der Waals surface area contributed by atoms with Gasteiger partial charge < -0.3 is 16.0 Å². The third-order valence-electron chi connectivity index (χ3n) is 3.45. The Kier molecular flexibility index (Phi) is 7.57. The first kappa shape index (κ1) is 19.1. The van der Waals surface area contributed by atoms with E-state index in [1.807, 2.05) is 24.3 Å². The monoisotopic (exact) mass is 378 g/mol. The van der Waals surface area contributed by atoms with Gasteiger partial charge in [-0.25, -0.2) is 0 Å². The maximum atomic E-state index is 12.0. The fourth-order valence-electron chi connectivity index (χ4n) is 2.14. The number of rotatable bonds is 6. The molecule has 0 saturated heterocycles. The van der Waals surface area contributed by atoms with Crippen molar-refractivity contribution >= 4 is 35.1 Å². The molecular formula is C18H20Cl2N4O. The van der Waals surface area contributed by atoms with Gasteiger partial charge in [-0.15, -0.1) is 0 Å². The average molecular weight is 379 g/mol. The molecule has 0 aliphatic heterocycles. The van der Waals surface area contributed by atoms with Gasteiger partial charge in [0.15, 0.2) is 5.96 Å². The van der Waals surface area contributed by atoms with Crippen LogP contribution in [0.2, 0.25) is 10.0 Å². The number of guanidine groups is 1. The number of hydrogen-bond donors (Lipinski definition) is 3. The number of benzene rings is 2. The highest BCUT2D eigenvalue weighted by Crippen LogP contribution is 2.14. The van der Waals surface area contributed by atoms with E-state index in [9.17, 15) is 4.79 Å². The Labute approximate surface area is 157 Å². The molecule has 0 radical (unpaired) electrons. The lowest BCUT2D eigenvalue weighted by molar-refractivity contribution is 0.0954. The number of carbonyl (C=O) groups is 1. The third-order valence-corrected chi connectivity index (χ3v) is 4.15. The van der Waals surface area contributed by atoms with E-state index >= 15 is 0 Å². The zero-order valence-electron chi connectivity index (χ0n) is 13.9. The average Bonchev–Trinajstić information content (AvgIpc) is 2.62. The SMILES string of the molecule is CN=C(NCCNC(=O)c1ccccc1Cl)NCc1ccccc1Cl. The molecule has 0 aliphatic carbocycles. The van der Waals surface area contributed by atoms with Crippen LogP contribution in [0, 0.1) is 0 Å². The summed E-state index contributed by atoms with van der Waals surface area (Å²) in [5, 5.41) is 10.3. The van der Waals surface area contributed by atoms with Crippen molar-refractivity contribution in [3.05, 3.63) is 69.7 Å².